The van der Waals surface area contributed by atoms with Crippen LogP contribution in [-0.4, -0.2) is 36.1 Å². The summed E-state index contributed by atoms with van der Waals surface area (Å²) in [5, 5.41) is 18.9. The Morgan fingerprint density at radius 3 is 2.59 bits per heavy atom. The number of nitrogens with zero attached hydrogens (tertiary/aromatic N) is 6. The molecule has 2 aromatic carbocycles. The van der Waals surface area contributed by atoms with Gasteiger partial charge < -0.3 is 10.1 Å². The standard InChI is InChI=1S/C23H25N7O2/c1-5-22-26-27-28-30(22)19-12-18(17-8-6-15(2)7-9-17)13-20(14-19)32-23(31)25-16(3)21-10-11-24-29(21)4/h6-14,16H,5H2,1-4H3,(H,25,31). The predicted molar refractivity (Wildman–Crippen MR) is 119 cm³/mol. The van der Waals surface area contributed by atoms with E-state index < -0.39 is 6.09 Å². The second kappa shape index (κ2) is 9.01. The summed E-state index contributed by atoms with van der Waals surface area (Å²) in [6.45, 7) is 5.90. The van der Waals surface area contributed by atoms with Crippen molar-refractivity contribution in [3.8, 4) is 22.6 Å². The van der Waals surface area contributed by atoms with E-state index in [1.54, 1.807) is 21.6 Å². The molecule has 0 aliphatic heterocycles. The van der Waals surface area contributed by atoms with Gasteiger partial charge in [0, 0.05) is 25.7 Å². The van der Waals surface area contributed by atoms with Crippen LogP contribution in [0.5, 0.6) is 5.75 Å². The van der Waals surface area contributed by atoms with Gasteiger partial charge in [-0.2, -0.15) is 9.78 Å². The zero-order chi connectivity index (χ0) is 22.7. The van der Waals surface area contributed by atoms with Gasteiger partial charge in [-0.3, -0.25) is 4.68 Å². The highest BCUT2D eigenvalue weighted by molar-refractivity contribution is 5.74. The van der Waals surface area contributed by atoms with Gasteiger partial charge in [-0.15, -0.1) is 5.10 Å². The number of hydrogen-bond acceptors (Lipinski definition) is 6. The van der Waals surface area contributed by atoms with Crippen molar-refractivity contribution >= 4 is 6.09 Å². The molecule has 9 heteroatoms. The van der Waals surface area contributed by atoms with Crippen LogP contribution in [0.25, 0.3) is 16.8 Å². The summed E-state index contributed by atoms with van der Waals surface area (Å²) in [6.07, 6.45) is 1.80. The van der Waals surface area contributed by atoms with Gasteiger partial charge in [-0.25, -0.2) is 4.79 Å². The zero-order valence-electron chi connectivity index (χ0n) is 18.5. The molecule has 0 saturated heterocycles. The van der Waals surface area contributed by atoms with Crippen LogP contribution in [0.15, 0.2) is 54.7 Å². The molecule has 1 unspecified atom stereocenters. The van der Waals surface area contributed by atoms with Crippen LogP contribution in [-0.2, 0) is 13.5 Å². The summed E-state index contributed by atoms with van der Waals surface area (Å²) in [5.74, 6) is 1.11. The molecule has 32 heavy (non-hydrogen) atoms. The zero-order valence-corrected chi connectivity index (χ0v) is 18.5. The molecular formula is C23H25N7O2. The fraction of sp³-hybridized carbons (Fsp3) is 0.261. The van der Waals surface area contributed by atoms with Crippen LogP contribution in [0.4, 0.5) is 4.79 Å². The molecule has 2 aromatic heterocycles. The third-order valence-corrected chi connectivity index (χ3v) is 5.22. The molecule has 0 aliphatic rings. The molecule has 4 aromatic rings. The van der Waals surface area contributed by atoms with Gasteiger partial charge in [-0.1, -0.05) is 36.8 Å². The third kappa shape index (κ3) is 4.51. The fourth-order valence-electron chi connectivity index (χ4n) is 3.50. The molecule has 0 radical (unpaired) electrons. The van der Waals surface area contributed by atoms with Crippen molar-refractivity contribution in [2.24, 2.45) is 7.05 Å². The van der Waals surface area contributed by atoms with Crippen LogP contribution in [0.2, 0.25) is 0 Å². The van der Waals surface area contributed by atoms with E-state index in [0.29, 0.717) is 23.7 Å². The lowest BCUT2D eigenvalue weighted by Crippen LogP contribution is -2.30. The highest BCUT2D eigenvalue weighted by Gasteiger charge is 2.16. The van der Waals surface area contributed by atoms with Gasteiger partial charge in [0.2, 0.25) is 0 Å². The highest BCUT2D eigenvalue weighted by Crippen LogP contribution is 2.29. The second-order valence-electron chi connectivity index (χ2n) is 7.58. The minimum atomic E-state index is -0.557. The molecule has 164 valence electrons. The number of amides is 1. The summed E-state index contributed by atoms with van der Waals surface area (Å²) < 4.78 is 9.03. The fourth-order valence-corrected chi connectivity index (χ4v) is 3.50. The van der Waals surface area contributed by atoms with Gasteiger partial charge in [-0.05, 0) is 53.6 Å². The van der Waals surface area contributed by atoms with Gasteiger partial charge in [0.25, 0.3) is 0 Å². The second-order valence-corrected chi connectivity index (χ2v) is 7.58. The number of hydrogen-bond donors (Lipinski definition) is 1. The number of aromatic nitrogens is 6. The molecular weight excluding hydrogens is 406 g/mol. The molecule has 1 amide bonds. The topological polar surface area (TPSA) is 99.8 Å². The van der Waals surface area contributed by atoms with Crippen molar-refractivity contribution in [1.82, 2.24) is 35.3 Å². The predicted octanol–water partition coefficient (Wildman–Crippen LogP) is 3.78. The van der Waals surface area contributed by atoms with E-state index in [1.165, 1.54) is 5.56 Å². The van der Waals surface area contributed by atoms with Gasteiger partial charge in [0.1, 0.15) is 5.75 Å². The van der Waals surface area contributed by atoms with Crippen molar-refractivity contribution in [1.29, 1.82) is 0 Å². The van der Waals surface area contributed by atoms with Crippen molar-refractivity contribution in [2.45, 2.75) is 33.2 Å². The molecule has 9 nitrogen and oxygen atoms in total. The maximum atomic E-state index is 12.6. The molecule has 4 rings (SSSR count). The number of carbonyl (C=O) groups excluding carboxylic acids is 1. The van der Waals surface area contributed by atoms with Crippen LogP contribution in [0.1, 0.15) is 37.0 Å². The molecule has 0 aliphatic carbocycles. The molecule has 0 fully saturated rings. The lowest BCUT2D eigenvalue weighted by molar-refractivity contribution is 0.196. The minimum absolute atomic E-state index is 0.263. The molecule has 2 heterocycles. The number of aryl methyl sites for hydroxylation is 3. The molecule has 1 atom stereocenters. The van der Waals surface area contributed by atoms with E-state index in [-0.39, 0.29) is 6.04 Å². The van der Waals surface area contributed by atoms with E-state index >= 15 is 0 Å². The van der Waals surface area contributed by atoms with E-state index in [1.807, 2.05) is 70.3 Å². The largest absolute Gasteiger partial charge is 0.413 e. The summed E-state index contributed by atoms with van der Waals surface area (Å²) >= 11 is 0. The van der Waals surface area contributed by atoms with E-state index in [4.69, 9.17) is 4.74 Å². The first kappa shape index (κ1) is 21.2. The SMILES string of the molecule is CCc1nnnn1-c1cc(OC(=O)NC(C)c2ccnn2C)cc(-c2ccc(C)cc2)c1. The molecule has 0 bridgehead atoms. The maximum absolute atomic E-state index is 12.6. The van der Waals surface area contributed by atoms with Gasteiger partial charge >= 0.3 is 6.09 Å². The Balaban J connectivity index is 1.65. The molecule has 1 N–H and O–H groups in total. The first-order valence-corrected chi connectivity index (χ1v) is 10.4. The van der Waals surface area contributed by atoms with Crippen LogP contribution in [0.3, 0.4) is 0 Å². The Hall–Kier alpha value is -4.01. The lowest BCUT2D eigenvalue weighted by Gasteiger charge is -2.15. The van der Waals surface area contributed by atoms with E-state index in [2.05, 4.69) is 25.9 Å². The Labute approximate surface area is 186 Å². The average molecular weight is 432 g/mol. The normalized spacial score (nSPS) is 11.9. The van der Waals surface area contributed by atoms with Gasteiger partial charge in [0.05, 0.1) is 17.4 Å². The van der Waals surface area contributed by atoms with E-state index in [0.717, 1.165) is 16.8 Å². The monoisotopic (exact) mass is 431 g/mol. The quantitative estimate of drug-likeness (QED) is 0.499. The summed E-state index contributed by atoms with van der Waals surface area (Å²) in [6, 6.07) is 15.3. The number of ether oxygens (including phenoxy) is 1. The van der Waals surface area contributed by atoms with Crippen molar-refractivity contribution in [3.05, 3.63) is 71.8 Å². The van der Waals surface area contributed by atoms with Gasteiger partial charge in [0.15, 0.2) is 5.82 Å². The number of tetrazole rings is 1. The number of rotatable bonds is 6. The van der Waals surface area contributed by atoms with E-state index in [9.17, 15) is 4.79 Å². The number of nitrogens with one attached hydrogen (secondary N) is 1. The molecule has 0 saturated carbocycles. The highest BCUT2D eigenvalue weighted by atomic mass is 16.6. The first-order valence-electron chi connectivity index (χ1n) is 10.4. The maximum Gasteiger partial charge on any atom is 0.413 e. The third-order valence-electron chi connectivity index (χ3n) is 5.22. The number of carbonyl (C=O) groups is 1. The Kier molecular flexibility index (Phi) is 5.98. The Bertz CT molecular complexity index is 1230. The van der Waals surface area contributed by atoms with Crippen LogP contribution >= 0.6 is 0 Å². The number of benzene rings is 2. The van der Waals surface area contributed by atoms with Crippen molar-refractivity contribution in [3.63, 3.8) is 0 Å². The minimum Gasteiger partial charge on any atom is -0.410 e. The smallest absolute Gasteiger partial charge is 0.410 e. The average Bonchev–Trinajstić information content (AvgIpc) is 3.42. The summed E-state index contributed by atoms with van der Waals surface area (Å²) in [4.78, 5) is 12.6. The Morgan fingerprint density at radius 1 is 1.12 bits per heavy atom. The van der Waals surface area contributed by atoms with Crippen molar-refractivity contribution in [2.75, 3.05) is 0 Å². The summed E-state index contributed by atoms with van der Waals surface area (Å²) in [5.41, 5.74) is 4.64. The molecule has 0 spiro atoms. The van der Waals surface area contributed by atoms with Crippen molar-refractivity contribution < 1.29 is 9.53 Å². The first-order chi connectivity index (χ1) is 15.4. The van der Waals surface area contributed by atoms with Crippen LogP contribution < -0.4 is 10.1 Å². The van der Waals surface area contributed by atoms with Crippen LogP contribution in [0, 0.1) is 6.92 Å². The Morgan fingerprint density at radius 2 is 1.91 bits per heavy atom. The lowest BCUT2D eigenvalue weighted by atomic mass is 10.0. The summed E-state index contributed by atoms with van der Waals surface area (Å²) in [7, 11) is 1.83.